The lowest BCUT2D eigenvalue weighted by Crippen LogP contribution is -2.46. The Bertz CT molecular complexity index is 1870. The number of ether oxygens (including phenoxy) is 3. The SMILES string of the molecule is CCCCN1C(=O)C(=O)N(c2ccc(N3CCN(c4ccc(OC[C@@H]5CO[C@@](Cn6cncn6)(c6ccc(Cl)cc6Cl)O5)cc4)CC3)cc2)C1=O. The number of urea groups is 1. The van der Waals surface area contributed by atoms with Crippen molar-refractivity contribution in [2.24, 2.45) is 0 Å². The van der Waals surface area contributed by atoms with Crippen molar-refractivity contribution < 1.29 is 28.6 Å². The zero-order valence-electron chi connectivity index (χ0n) is 28.0. The highest BCUT2D eigenvalue weighted by atomic mass is 35.5. The van der Waals surface area contributed by atoms with Gasteiger partial charge in [0.05, 0.1) is 17.3 Å². The summed E-state index contributed by atoms with van der Waals surface area (Å²) in [5, 5.41) is 5.16. The van der Waals surface area contributed by atoms with Crippen LogP contribution in [0.15, 0.2) is 79.4 Å². The van der Waals surface area contributed by atoms with E-state index in [-0.39, 0.29) is 25.8 Å². The normalized spacial score (nSPS) is 20.9. The summed E-state index contributed by atoms with van der Waals surface area (Å²) in [6, 6.07) is 19.8. The first-order chi connectivity index (χ1) is 24.7. The molecule has 7 rings (SSSR count). The second-order valence-electron chi connectivity index (χ2n) is 12.5. The van der Waals surface area contributed by atoms with Crippen molar-refractivity contribution in [1.29, 1.82) is 0 Å². The van der Waals surface area contributed by atoms with Crippen molar-refractivity contribution in [3.63, 3.8) is 0 Å². The van der Waals surface area contributed by atoms with Gasteiger partial charge in [-0.05, 0) is 67.1 Å². The van der Waals surface area contributed by atoms with Gasteiger partial charge in [0.1, 0.15) is 37.7 Å². The van der Waals surface area contributed by atoms with Gasteiger partial charge in [0, 0.05) is 54.7 Å². The number of hydrogen-bond acceptors (Lipinski definition) is 10. The maximum atomic E-state index is 12.8. The number of halogens is 2. The number of carbonyl (C=O) groups is 3. The molecule has 0 saturated carbocycles. The first-order valence-corrected chi connectivity index (χ1v) is 17.6. The first kappa shape index (κ1) is 34.7. The number of piperazine rings is 1. The molecule has 0 N–H and O–H groups in total. The lowest BCUT2D eigenvalue weighted by atomic mass is 10.1. The number of unbranched alkanes of at least 4 members (excludes halogenated alkanes) is 1. The third-order valence-corrected chi connectivity index (χ3v) is 9.76. The van der Waals surface area contributed by atoms with Gasteiger partial charge in [0.15, 0.2) is 0 Å². The largest absolute Gasteiger partial charge is 0.491 e. The third kappa shape index (κ3) is 7.24. The van der Waals surface area contributed by atoms with Crippen molar-refractivity contribution in [1.82, 2.24) is 19.7 Å². The zero-order valence-corrected chi connectivity index (χ0v) is 29.5. The fraction of sp³-hybridized carbons (Fsp3) is 0.361. The highest BCUT2D eigenvalue weighted by molar-refractivity contribution is 6.52. The maximum Gasteiger partial charge on any atom is 0.338 e. The molecule has 266 valence electrons. The van der Waals surface area contributed by atoms with Crippen LogP contribution in [-0.2, 0) is 31.4 Å². The van der Waals surface area contributed by atoms with Gasteiger partial charge in [-0.1, -0.05) is 42.6 Å². The number of aromatic nitrogens is 3. The van der Waals surface area contributed by atoms with Gasteiger partial charge < -0.3 is 24.0 Å². The van der Waals surface area contributed by atoms with Crippen LogP contribution in [0.5, 0.6) is 5.75 Å². The number of amides is 4. The average molecular weight is 735 g/mol. The van der Waals surface area contributed by atoms with Crippen LogP contribution in [-0.4, -0.2) is 89.6 Å². The summed E-state index contributed by atoms with van der Waals surface area (Å²) in [5.74, 6) is -2.05. The fourth-order valence-corrected chi connectivity index (χ4v) is 7.06. The smallest absolute Gasteiger partial charge is 0.338 e. The number of hydrogen-bond donors (Lipinski definition) is 0. The molecule has 0 bridgehead atoms. The number of benzene rings is 3. The molecule has 3 fully saturated rings. The predicted octanol–water partition coefficient (Wildman–Crippen LogP) is 5.35. The molecule has 1 aromatic heterocycles. The number of anilines is 3. The molecule has 0 aliphatic carbocycles. The van der Waals surface area contributed by atoms with Crippen molar-refractivity contribution >= 4 is 58.1 Å². The molecule has 4 aromatic rings. The van der Waals surface area contributed by atoms with Crippen LogP contribution < -0.4 is 19.4 Å². The third-order valence-electron chi connectivity index (χ3n) is 9.22. The van der Waals surface area contributed by atoms with E-state index in [0.717, 1.165) is 53.8 Å². The Morgan fingerprint density at radius 2 is 1.55 bits per heavy atom. The van der Waals surface area contributed by atoms with E-state index in [9.17, 15) is 14.4 Å². The molecule has 51 heavy (non-hydrogen) atoms. The van der Waals surface area contributed by atoms with Gasteiger partial charge in [-0.15, -0.1) is 0 Å². The molecule has 4 heterocycles. The predicted molar refractivity (Wildman–Crippen MR) is 191 cm³/mol. The lowest BCUT2D eigenvalue weighted by molar-refractivity contribution is -0.190. The number of imide groups is 2. The highest BCUT2D eigenvalue weighted by Crippen LogP contribution is 2.40. The molecule has 15 heteroatoms. The van der Waals surface area contributed by atoms with E-state index < -0.39 is 23.6 Å². The zero-order chi connectivity index (χ0) is 35.5. The van der Waals surface area contributed by atoms with E-state index in [1.54, 1.807) is 41.3 Å². The fourth-order valence-electron chi connectivity index (χ4n) is 6.51. The summed E-state index contributed by atoms with van der Waals surface area (Å²) in [5.41, 5.74) is 3.11. The summed E-state index contributed by atoms with van der Waals surface area (Å²) in [7, 11) is 0. The minimum atomic E-state index is -1.18. The maximum absolute atomic E-state index is 12.8. The van der Waals surface area contributed by atoms with Crippen LogP contribution >= 0.6 is 23.2 Å². The molecule has 4 amide bonds. The molecule has 3 aromatic carbocycles. The van der Waals surface area contributed by atoms with E-state index in [4.69, 9.17) is 37.4 Å². The summed E-state index contributed by atoms with van der Waals surface area (Å²) in [6.45, 7) is 6.21. The van der Waals surface area contributed by atoms with Crippen molar-refractivity contribution in [3.05, 3.63) is 95.0 Å². The summed E-state index contributed by atoms with van der Waals surface area (Å²) < 4.78 is 20.5. The molecule has 0 unspecified atom stereocenters. The van der Waals surface area contributed by atoms with Gasteiger partial charge in [-0.3, -0.25) is 14.5 Å². The Labute approximate surface area is 305 Å². The van der Waals surface area contributed by atoms with E-state index in [0.29, 0.717) is 40.1 Å². The molecule has 3 aliphatic heterocycles. The van der Waals surface area contributed by atoms with Gasteiger partial charge in [0.25, 0.3) is 0 Å². The van der Waals surface area contributed by atoms with E-state index >= 15 is 0 Å². The van der Waals surface area contributed by atoms with Crippen LogP contribution in [0.3, 0.4) is 0 Å². The highest BCUT2D eigenvalue weighted by Gasteiger charge is 2.46. The van der Waals surface area contributed by atoms with Crippen LogP contribution in [0.1, 0.15) is 25.3 Å². The molecule has 2 atom stereocenters. The second-order valence-corrected chi connectivity index (χ2v) is 13.4. The van der Waals surface area contributed by atoms with Crippen LogP contribution in [0.25, 0.3) is 0 Å². The standard InChI is InChI=1S/C36H37Cl2N7O6/c1-2-3-14-44-33(46)34(47)45(35(44)48)28-7-5-26(6-8-28)41-15-17-42(18-16-41)27-9-11-29(12-10-27)49-20-30-21-50-36(51-30,22-43-24-39-23-40-43)31-13-4-25(37)19-32(31)38/h4-13,19,23-24,30H,2-3,14-18,20-22H2,1H3/t30-,36-/m1/s1. The summed E-state index contributed by atoms with van der Waals surface area (Å²) in [4.78, 5) is 48.4. The Balaban J connectivity index is 0.916. The molecule has 3 aliphatic rings. The topological polar surface area (TPSA) is 123 Å². The van der Waals surface area contributed by atoms with Crippen LogP contribution in [0, 0.1) is 0 Å². The number of carbonyl (C=O) groups excluding carboxylic acids is 3. The lowest BCUT2D eigenvalue weighted by Gasteiger charge is -2.37. The molecule has 13 nitrogen and oxygen atoms in total. The average Bonchev–Trinajstić information content (AvgIpc) is 3.86. The molecular weight excluding hydrogens is 697 g/mol. The Hall–Kier alpha value is -4.69. The van der Waals surface area contributed by atoms with Crippen molar-refractivity contribution in [3.8, 4) is 5.75 Å². The molecular formula is C36H37Cl2N7O6. The number of rotatable bonds is 12. The summed E-state index contributed by atoms with van der Waals surface area (Å²) >= 11 is 12.7. The minimum absolute atomic E-state index is 0.244. The quantitative estimate of drug-likeness (QED) is 0.139. The van der Waals surface area contributed by atoms with E-state index in [2.05, 4.69) is 19.9 Å². The van der Waals surface area contributed by atoms with Gasteiger partial charge in [-0.25, -0.2) is 19.4 Å². The monoisotopic (exact) mass is 733 g/mol. The van der Waals surface area contributed by atoms with Crippen molar-refractivity contribution in [2.75, 3.05) is 60.6 Å². The van der Waals surface area contributed by atoms with Crippen LogP contribution in [0.4, 0.5) is 21.9 Å². The van der Waals surface area contributed by atoms with Gasteiger partial charge in [0.2, 0.25) is 5.79 Å². The summed E-state index contributed by atoms with van der Waals surface area (Å²) in [6.07, 6.45) is 4.16. The van der Waals surface area contributed by atoms with Crippen molar-refractivity contribution in [2.45, 2.75) is 38.2 Å². The molecule has 0 radical (unpaired) electrons. The second kappa shape index (κ2) is 14.9. The van der Waals surface area contributed by atoms with Gasteiger partial charge in [-0.2, -0.15) is 5.10 Å². The minimum Gasteiger partial charge on any atom is -0.491 e. The Morgan fingerprint density at radius 1 is 0.882 bits per heavy atom. The first-order valence-electron chi connectivity index (χ1n) is 16.9. The van der Waals surface area contributed by atoms with Crippen LogP contribution in [0.2, 0.25) is 10.0 Å². The van der Waals surface area contributed by atoms with Gasteiger partial charge >= 0.3 is 17.8 Å². The Morgan fingerprint density at radius 3 is 2.18 bits per heavy atom. The Kier molecular flexibility index (Phi) is 10.1. The molecule has 0 spiro atoms. The number of nitrogens with zero attached hydrogens (tertiary/aromatic N) is 7. The van der Waals surface area contributed by atoms with E-state index in [1.165, 1.54) is 6.33 Å². The molecule has 3 saturated heterocycles. The van der Waals surface area contributed by atoms with E-state index in [1.807, 2.05) is 43.3 Å².